The molecule has 3 rings (SSSR count). The summed E-state index contributed by atoms with van der Waals surface area (Å²) in [5, 5.41) is 6.21. The maximum atomic E-state index is 12.1. The molecule has 2 aromatic rings. The number of rotatable bonds is 6. The highest BCUT2D eigenvalue weighted by Gasteiger charge is 2.13. The number of ether oxygens (including phenoxy) is 1. The minimum atomic E-state index is 0. The molecule has 1 aliphatic rings. The number of anilines is 1. The minimum absolute atomic E-state index is 0. The average Bonchev–Trinajstić information content (AvgIpc) is 2.63. The van der Waals surface area contributed by atoms with Crippen molar-refractivity contribution in [2.75, 3.05) is 38.0 Å². The van der Waals surface area contributed by atoms with Gasteiger partial charge in [-0.2, -0.15) is 0 Å². The van der Waals surface area contributed by atoms with Gasteiger partial charge in [0.25, 0.3) is 0 Å². The number of piperazine rings is 1. The van der Waals surface area contributed by atoms with E-state index in [1.165, 1.54) is 0 Å². The van der Waals surface area contributed by atoms with Gasteiger partial charge >= 0.3 is 0 Å². The third-order valence-corrected chi connectivity index (χ3v) is 3.96. The van der Waals surface area contributed by atoms with Gasteiger partial charge in [-0.25, -0.2) is 0 Å². The number of nitrogens with one attached hydrogen (secondary N) is 2. The molecule has 0 saturated carbocycles. The fraction of sp³-hybridized carbons (Fsp3) is 0.316. The van der Waals surface area contributed by atoms with E-state index in [4.69, 9.17) is 4.74 Å². The number of amides is 1. The van der Waals surface area contributed by atoms with E-state index >= 15 is 0 Å². The summed E-state index contributed by atoms with van der Waals surface area (Å²) < 4.78 is 5.75. The maximum absolute atomic E-state index is 12.1. The molecule has 26 heavy (non-hydrogen) atoms. The van der Waals surface area contributed by atoms with Crippen molar-refractivity contribution < 1.29 is 9.53 Å². The minimum Gasteiger partial charge on any atom is -0.489 e. The quantitative estimate of drug-likeness (QED) is 0.786. The molecule has 142 valence electrons. The Balaban J connectivity index is 0.00000169. The van der Waals surface area contributed by atoms with Crippen LogP contribution in [-0.2, 0) is 11.4 Å². The molecule has 5 nitrogen and oxygen atoms in total. The zero-order valence-corrected chi connectivity index (χ0v) is 16.2. The SMILES string of the molecule is Cl.Cl.O=C(CN1CCNCC1)Nc1ccc(OCc2ccccc2)cc1. The highest BCUT2D eigenvalue weighted by atomic mass is 35.5. The van der Waals surface area contributed by atoms with Crippen molar-refractivity contribution in [3.05, 3.63) is 60.2 Å². The molecule has 7 heteroatoms. The standard InChI is InChI=1S/C19H23N3O2.2ClH/c23-19(14-22-12-10-20-11-13-22)21-17-6-8-18(9-7-17)24-15-16-4-2-1-3-5-16;;/h1-9,20H,10-15H2,(H,21,23);2*1H. The molecule has 1 aliphatic heterocycles. The van der Waals surface area contributed by atoms with Gasteiger partial charge in [0.05, 0.1) is 6.54 Å². The molecule has 2 aromatic carbocycles. The van der Waals surface area contributed by atoms with Gasteiger partial charge in [0, 0.05) is 31.9 Å². The number of carbonyl (C=O) groups is 1. The van der Waals surface area contributed by atoms with Gasteiger partial charge in [-0.05, 0) is 29.8 Å². The summed E-state index contributed by atoms with van der Waals surface area (Å²) in [5.74, 6) is 0.814. The van der Waals surface area contributed by atoms with Crippen molar-refractivity contribution in [2.24, 2.45) is 0 Å². The van der Waals surface area contributed by atoms with Crippen molar-refractivity contribution >= 4 is 36.4 Å². The van der Waals surface area contributed by atoms with Crippen LogP contribution < -0.4 is 15.4 Å². The van der Waals surface area contributed by atoms with E-state index in [9.17, 15) is 4.79 Å². The number of hydrogen-bond acceptors (Lipinski definition) is 4. The summed E-state index contributed by atoms with van der Waals surface area (Å²) in [7, 11) is 0. The first-order valence-corrected chi connectivity index (χ1v) is 8.29. The fourth-order valence-electron chi connectivity index (χ4n) is 2.65. The number of carbonyl (C=O) groups excluding carboxylic acids is 1. The van der Waals surface area contributed by atoms with Crippen molar-refractivity contribution in [3.63, 3.8) is 0 Å². The summed E-state index contributed by atoms with van der Waals surface area (Å²) >= 11 is 0. The van der Waals surface area contributed by atoms with Gasteiger partial charge in [-0.15, -0.1) is 24.8 Å². The monoisotopic (exact) mass is 397 g/mol. The van der Waals surface area contributed by atoms with Gasteiger partial charge in [0.15, 0.2) is 0 Å². The number of nitrogens with zero attached hydrogens (tertiary/aromatic N) is 1. The van der Waals surface area contributed by atoms with Crippen LogP contribution in [-0.4, -0.2) is 43.5 Å². The summed E-state index contributed by atoms with van der Waals surface area (Å²) in [4.78, 5) is 14.2. The molecule has 0 aromatic heterocycles. The first-order valence-electron chi connectivity index (χ1n) is 8.29. The molecule has 1 heterocycles. The first kappa shape index (κ1) is 22.3. The van der Waals surface area contributed by atoms with Crippen LogP contribution in [0.5, 0.6) is 5.75 Å². The lowest BCUT2D eigenvalue weighted by Crippen LogP contribution is -2.46. The van der Waals surface area contributed by atoms with Crippen molar-refractivity contribution in [3.8, 4) is 5.75 Å². The van der Waals surface area contributed by atoms with E-state index in [1.54, 1.807) is 0 Å². The second-order valence-corrected chi connectivity index (χ2v) is 5.87. The molecule has 0 unspecified atom stereocenters. The highest BCUT2D eigenvalue weighted by molar-refractivity contribution is 5.92. The molecular weight excluding hydrogens is 373 g/mol. The molecule has 0 radical (unpaired) electrons. The zero-order valence-electron chi connectivity index (χ0n) is 14.5. The van der Waals surface area contributed by atoms with Crippen LogP contribution >= 0.6 is 24.8 Å². The van der Waals surface area contributed by atoms with Gasteiger partial charge in [0.1, 0.15) is 12.4 Å². The average molecular weight is 398 g/mol. The largest absolute Gasteiger partial charge is 0.489 e. The molecule has 0 spiro atoms. The lowest BCUT2D eigenvalue weighted by Gasteiger charge is -2.26. The van der Waals surface area contributed by atoms with Crippen LogP contribution in [0, 0.1) is 0 Å². The van der Waals surface area contributed by atoms with Crippen LogP contribution in [0.2, 0.25) is 0 Å². The van der Waals surface area contributed by atoms with E-state index in [0.29, 0.717) is 13.2 Å². The first-order chi connectivity index (χ1) is 11.8. The Hall–Kier alpha value is -1.79. The van der Waals surface area contributed by atoms with Crippen molar-refractivity contribution in [1.29, 1.82) is 0 Å². The van der Waals surface area contributed by atoms with Gasteiger partial charge in [0.2, 0.25) is 5.91 Å². The third kappa shape index (κ3) is 7.22. The normalized spacial score (nSPS) is 13.8. The Bertz CT molecular complexity index is 648. The third-order valence-electron chi connectivity index (χ3n) is 3.96. The zero-order chi connectivity index (χ0) is 16.6. The van der Waals surface area contributed by atoms with Crippen LogP contribution in [0.3, 0.4) is 0 Å². The summed E-state index contributed by atoms with van der Waals surface area (Å²) in [5.41, 5.74) is 1.92. The second-order valence-electron chi connectivity index (χ2n) is 5.87. The molecule has 0 bridgehead atoms. The van der Waals surface area contributed by atoms with Crippen molar-refractivity contribution in [2.45, 2.75) is 6.61 Å². The molecule has 0 atom stereocenters. The summed E-state index contributed by atoms with van der Waals surface area (Å²) in [6.07, 6.45) is 0. The number of hydrogen-bond donors (Lipinski definition) is 2. The van der Waals surface area contributed by atoms with Crippen molar-refractivity contribution in [1.82, 2.24) is 10.2 Å². The smallest absolute Gasteiger partial charge is 0.238 e. The Morgan fingerprint density at radius 2 is 1.65 bits per heavy atom. The van der Waals surface area contributed by atoms with E-state index in [2.05, 4.69) is 15.5 Å². The maximum Gasteiger partial charge on any atom is 0.238 e. The predicted octanol–water partition coefficient (Wildman–Crippen LogP) is 2.95. The molecule has 1 fully saturated rings. The van der Waals surface area contributed by atoms with Crippen LogP contribution in [0.4, 0.5) is 5.69 Å². The van der Waals surface area contributed by atoms with Gasteiger partial charge in [-0.3, -0.25) is 9.69 Å². The molecule has 1 amide bonds. The Kier molecular flexibility index (Phi) is 10.1. The Morgan fingerprint density at radius 3 is 2.31 bits per heavy atom. The molecule has 2 N–H and O–H groups in total. The van der Waals surface area contributed by atoms with Gasteiger partial charge < -0.3 is 15.4 Å². The fourth-order valence-corrected chi connectivity index (χ4v) is 2.65. The predicted molar refractivity (Wildman–Crippen MR) is 110 cm³/mol. The summed E-state index contributed by atoms with van der Waals surface area (Å²) in [6.45, 7) is 4.70. The lowest BCUT2D eigenvalue weighted by molar-refractivity contribution is -0.117. The highest BCUT2D eigenvalue weighted by Crippen LogP contribution is 2.17. The molecular formula is C19H25Cl2N3O2. The van der Waals surface area contributed by atoms with E-state index in [1.807, 2.05) is 54.6 Å². The van der Waals surface area contributed by atoms with Crippen LogP contribution in [0.1, 0.15) is 5.56 Å². The lowest BCUT2D eigenvalue weighted by atomic mass is 10.2. The van der Waals surface area contributed by atoms with E-state index < -0.39 is 0 Å². The molecule has 1 saturated heterocycles. The number of benzene rings is 2. The topological polar surface area (TPSA) is 53.6 Å². The van der Waals surface area contributed by atoms with Crippen LogP contribution in [0.25, 0.3) is 0 Å². The van der Waals surface area contributed by atoms with Gasteiger partial charge in [-0.1, -0.05) is 30.3 Å². The Morgan fingerprint density at radius 1 is 1.00 bits per heavy atom. The van der Waals surface area contributed by atoms with E-state index in [-0.39, 0.29) is 30.7 Å². The number of halogens is 2. The summed E-state index contributed by atoms with van der Waals surface area (Å²) in [6, 6.07) is 17.5. The Labute approximate surface area is 166 Å². The van der Waals surface area contributed by atoms with Crippen LogP contribution in [0.15, 0.2) is 54.6 Å². The molecule has 0 aliphatic carbocycles. The van der Waals surface area contributed by atoms with E-state index in [0.717, 1.165) is 43.2 Å². The second kappa shape index (κ2) is 11.8.